The third kappa shape index (κ3) is 26.4. The maximum atomic E-state index is 12.0. The molecule has 0 saturated carbocycles. The molecule has 0 spiro atoms. The molecule has 16 heteroatoms. The number of carboxylic acids is 3. The van der Waals surface area contributed by atoms with E-state index in [-0.39, 0.29) is 37.8 Å². The molecular formula is C33H54O16. The molecule has 0 rings (SSSR count). The standard InChI is InChI=1S/C17H26O10.C16H28O6/c1-4-17(2,3)16(24)26-10-11(27-15(23)8-6-13(20)21)9-25-14(22)7-5-12(18)19;1-4-16(2,3)15(20)22-12-8-7-11-21-14(19)10-6-5-9-13(17)18/h11H,4-10H2,1-3H3,(H,18,19)(H,20,21);4-12H2,1-3H3,(H,17,18). The number of hydrogen-bond donors (Lipinski definition) is 3. The van der Waals surface area contributed by atoms with Crippen LogP contribution in [0.1, 0.15) is 119 Å². The van der Waals surface area contributed by atoms with Gasteiger partial charge in [0.2, 0.25) is 0 Å². The largest absolute Gasteiger partial charge is 0.481 e. The van der Waals surface area contributed by atoms with E-state index in [4.69, 9.17) is 39.0 Å². The van der Waals surface area contributed by atoms with Crippen molar-refractivity contribution in [2.24, 2.45) is 10.8 Å². The first-order valence-corrected chi connectivity index (χ1v) is 16.3. The van der Waals surface area contributed by atoms with Gasteiger partial charge < -0.3 is 39.0 Å². The molecule has 0 amide bonds. The average molecular weight is 707 g/mol. The lowest BCUT2D eigenvalue weighted by atomic mass is 9.91. The van der Waals surface area contributed by atoms with Gasteiger partial charge in [-0.15, -0.1) is 0 Å². The van der Waals surface area contributed by atoms with E-state index >= 15 is 0 Å². The van der Waals surface area contributed by atoms with Crippen molar-refractivity contribution in [2.75, 3.05) is 26.4 Å². The fourth-order valence-corrected chi connectivity index (χ4v) is 3.06. The van der Waals surface area contributed by atoms with E-state index in [0.29, 0.717) is 45.3 Å². The van der Waals surface area contributed by atoms with Gasteiger partial charge in [-0.2, -0.15) is 0 Å². The topological polar surface area (TPSA) is 243 Å². The summed E-state index contributed by atoms with van der Waals surface area (Å²) in [5, 5.41) is 25.6. The lowest BCUT2D eigenvalue weighted by molar-refractivity contribution is -0.171. The van der Waals surface area contributed by atoms with Crippen LogP contribution in [0.4, 0.5) is 0 Å². The zero-order valence-electron chi connectivity index (χ0n) is 29.5. The van der Waals surface area contributed by atoms with Crippen LogP contribution >= 0.6 is 0 Å². The molecule has 0 aromatic rings. The zero-order chi connectivity index (χ0) is 38.0. The van der Waals surface area contributed by atoms with Gasteiger partial charge in [0.15, 0.2) is 6.10 Å². The van der Waals surface area contributed by atoms with Crippen molar-refractivity contribution in [3.63, 3.8) is 0 Å². The number of hydrogen-bond acceptors (Lipinski definition) is 13. The van der Waals surface area contributed by atoms with Gasteiger partial charge in [0.05, 0.1) is 49.7 Å². The van der Waals surface area contributed by atoms with Crippen LogP contribution in [-0.2, 0) is 62.0 Å². The summed E-state index contributed by atoms with van der Waals surface area (Å²) in [6.07, 6.45) is 1.11. The summed E-state index contributed by atoms with van der Waals surface area (Å²) < 4.78 is 25.1. The quantitative estimate of drug-likeness (QED) is 0.0687. The Bertz CT molecular complexity index is 1080. The van der Waals surface area contributed by atoms with Crippen molar-refractivity contribution in [3.8, 4) is 0 Å². The molecule has 282 valence electrons. The predicted octanol–water partition coefficient (Wildman–Crippen LogP) is 4.08. The SMILES string of the molecule is CCC(C)(C)C(=O)OCC(COC(=O)CCC(=O)O)OC(=O)CCC(=O)O.CCC(C)(C)C(=O)OCCCCOC(=O)CCCCC(=O)O. The molecular weight excluding hydrogens is 652 g/mol. The summed E-state index contributed by atoms with van der Waals surface area (Å²) in [6, 6.07) is 0. The Balaban J connectivity index is 0. The fraction of sp³-hybridized carbons (Fsp3) is 0.758. The van der Waals surface area contributed by atoms with E-state index in [1.54, 1.807) is 20.8 Å². The summed E-state index contributed by atoms with van der Waals surface area (Å²) in [5.41, 5.74) is -1.21. The van der Waals surface area contributed by atoms with Crippen LogP contribution < -0.4 is 0 Å². The first kappa shape index (κ1) is 46.9. The summed E-state index contributed by atoms with van der Waals surface area (Å²) in [4.78, 5) is 89.4. The molecule has 0 aromatic carbocycles. The van der Waals surface area contributed by atoms with Gasteiger partial charge >= 0.3 is 47.8 Å². The average Bonchev–Trinajstić information content (AvgIpc) is 3.03. The summed E-state index contributed by atoms with van der Waals surface area (Å²) in [6.45, 7) is 10.6. The molecule has 0 saturated heterocycles. The highest BCUT2D eigenvalue weighted by Crippen LogP contribution is 2.22. The van der Waals surface area contributed by atoms with Crippen LogP contribution in [-0.4, -0.2) is 95.6 Å². The Kier molecular flexibility index (Phi) is 24.6. The number of unbranched alkanes of at least 4 members (excludes halogenated alkanes) is 2. The molecule has 0 radical (unpaired) electrons. The van der Waals surface area contributed by atoms with E-state index in [9.17, 15) is 38.4 Å². The minimum absolute atomic E-state index is 0.0761. The highest BCUT2D eigenvalue weighted by molar-refractivity contribution is 5.78. The second-order valence-corrected chi connectivity index (χ2v) is 12.3. The maximum absolute atomic E-state index is 12.0. The lowest BCUT2D eigenvalue weighted by Crippen LogP contribution is -2.34. The van der Waals surface area contributed by atoms with Crippen molar-refractivity contribution in [2.45, 2.75) is 125 Å². The minimum atomic E-state index is -1.18. The Morgan fingerprint density at radius 2 is 0.898 bits per heavy atom. The van der Waals surface area contributed by atoms with Crippen LogP contribution in [0.25, 0.3) is 0 Å². The molecule has 0 bridgehead atoms. The summed E-state index contributed by atoms with van der Waals surface area (Å²) >= 11 is 0. The molecule has 0 aliphatic carbocycles. The van der Waals surface area contributed by atoms with Crippen molar-refractivity contribution >= 4 is 47.8 Å². The van der Waals surface area contributed by atoms with Gasteiger partial charge in [-0.05, 0) is 66.2 Å². The minimum Gasteiger partial charge on any atom is -0.481 e. The molecule has 0 fully saturated rings. The third-order valence-electron chi connectivity index (χ3n) is 7.14. The number of carbonyl (C=O) groups excluding carboxylic acids is 5. The summed E-state index contributed by atoms with van der Waals surface area (Å²) in [5.74, 6) is -5.92. The van der Waals surface area contributed by atoms with Gasteiger partial charge in [0.25, 0.3) is 0 Å². The van der Waals surface area contributed by atoms with E-state index in [2.05, 4.69) is 0 Å². The Morgan fingerprint density at radius 1 is 0.490 bits per heavy atom. The molecule has 3 N–H and O–H groups in total. The number of rotatable bonds is 25. The first-order chi connectivity index (χ1) is 22.8. The van der Waals surface area contributed by atoms with Gasteiger partial charge in [0, 0.05) is 12.8 Å². The molecule has 0 aliphatic rings. The Labute approximate surface area is 287 Å². The van der Waals surface area contributed by atoms with E-state index < -0.39 is 78.6 Å². The zero-order valence-corrected chi connectivity index (χ0v) is 29.5. The first-order valence-electron chi connectivity index (χ1n) is 16.3. The molecule has 1 unspecified atom stereocenters. The predicted molar refractivity (Wildman–Crippen MR) is 171 cm³/mol. The smallest absolute Gasteiger partial charge is 0.311 e. The molecule has 49 heavy (non-hydrogen) atoms. The fourth-order valence-electron chi connectivity index (χ4n) is 3.06. The number of aliphatic carboxylic acids is 3. The second kappa shape index (κ2) is 25.7. The monoisotopic (exact) mass is 706 g/mol. The maximum Gasteiger partial charge on any atom is 0.311 e. The van der Waals surface area contributed by atoms with E-state index in [1.807, 2.05) is 20.8 Å². The van der Waals surface area contributed by atoms with Gasteiger partial charge in [0.1, 0.15) is 13.2 Å². The number of ether oxygens (including phenoxy) is 5. The van der Waals surface area contributed by atoms with Crippen LogP contribution in [0.15, 0.2) is 0 Å². The second-order valence-electron chi connectivity index (χ2n) is 12.3. The normalized spacial score (nSPS) is 11.6. The van der Waals surface area contributed by atoms with Gasteiger partial charge in [-0.1, -0.05) is 13.8 Å². The Hall–Kier alpha value is -4.24. The number of esters is 5. The van der Waals surface area contributed by atoms with Crippen LogP contribution in [0.2, 0.25) is 0 Å². The van der Waals surface area contributed by atoms with Crippen molar-refractivity contribution in [1.29, 1.82) is 0 Å². The van der Waals surface area contributed by atoms with Crippen molar-refractivity contribution in [1.82, 2.24) is 0 Å². The van der Waals surface area contributed by atoms with Gasteiger partial charge in [-0.3, -0.25) is 38.4 Å². The molecule has 1 atom stereocenters. The molecule has 0 aliphatic heterocycles. The van der Waals surface area contributed by atoms with Crippen molar-refractivity contribution < 1.29 is 77.4 Å². The van der Waals surface area contributed by atoms with Crippen LogP contribution in [0.5, 0.6) is 0 Å². The molecule has 0 heterocycles. The van der Waals surface area contributed by atoms with Gasteiger partial charge in [-0.25, -0.2) is 0 Å². The third-order valence-corrected chi connectivity index (χ3v) is 7.14. The van der Waals surface area contributed by atoms with Crippen LogP contribution in [0.3, 0.4) is 0 Å². The molecule has 0 aromatic heterocycles. The highest BCUT2D eigenvalue weighted by Gasteiger charge is 2.29. The lowest BCUT2D eigenvalue weighted by Gasteiger charge is -2.23. The number of carboxylic acid groups (broad SMARTS) is 3. The molecule has 16 nitrogen and oxygen atoms in total. The number of carbonyl (C=O) groups is 8. The van der Waals surface area contributed by atoms with E-state index in [0.717, 1.165) is 6.42 Å². The van der Waals surface area contributed by atoms with E-state index in [1.165, 1.54) is 0 Å². The van der Waals surface area contributed by atoms with Crippen LogP contribution in [0, 0.1) is 10.8 Å². The highest BCUT2D eigenvalue weighted by atomic mass is 16.6. The Morgan fingerprint density at radius 3 is 1.39 bits per heavy atom. The van der Waals surface area contributed by atoms with Crippen molar-refractivity contribution in [3.05, 3.63) is 0 Å². The summed E-state index contributed by atoms with van der Waals surface area (Å²) in [7, 11) is 0.